The third-order valence-electron chi connectivity index (χ3n) is 4.26. The van der Waals surface area contributed by atoms with Crippen LogP contribution in [0.4, 0.5) is 0 Å². The molecule has 28 heavy (non-hydrogen) atoms. The quantitative estimate of drug-likeness (QED) is 0.546. The summed E-state index contributed by atoms with van der Waals surface area (Å²) in [6.07, 6.45) is 6.89. The summed E-state index contributed by atoms with van der Waals surface area (Å²) < 4.78 is 1.69. The molecular weight excluding hydrogens is 372 g/mol. The van der Waals surface area contributed by atoms with Crippen LogP contribution in [0.15, 0.2) is 66.8 Å². The number of hydrogen-bond donors (Lipinski definition) is 1. The van der Waals surface area contributed by atoms with Gasteiger partial charge in [0.2, 0.25) is 5.91 Å². The average molecular weight is 390 g/mol. The zero-order valence-electron chi connectivity index (χ0n) is 15.2. The predicted octanol–water partition coefficient (Wildman–Crippen LogP) is 3.21. The Hall–Kier alpha value is -3.39. The SMILES string of the molecule is C[C@H](NC(=O)Cc1csc(-c2cccnc2)n1)c1ccc(-n2cncn2)cc1. The minimum absolute atomic E-state index is 0.0594. The molecule has 140 valence electrons. The molecular formula is C20H18N6OS. The molecule has 4 rings (SSSR count). The van der Waals surface area contributed by atoms with Crippen LogP contribution in [0.2, 0.25) is 0 Å². The number of rotatable bonds is 6. The monoisotopic (exact) mass is 390 g/mol. The van der Waals surface area contributed by atoms with Crippen LogP contribution in [0, 0.1) is 0 Å². The Balaban J connectivity index is 1.36. The second-order valence-corrected chi connectivity index (χ2v) is 7.14. The predicted molar refractivity (Wildman–Crippen MR) is 107 cm³/mol. The van der Waals surface area contributed by atoms with Crippen molar-refractivity contribution in [1.82, 2.24) is 30.0 Å². The van der Waals surface area contributed by atoms with Gasteiger partial charge in [-0.15, -0.1) is 11.3 Å². The van der Waals surface area contributed by atoms with Crippen molar-refractivity contribution >= 4 is 17.2 Å². The molecule has 7 nitrogen and oxygen atoms in total. The van der Waals surface area contributed by atoms with E-state index in [0.29, 0.717) is 0 Å². The smallest absolute Gasteiger partial charge is 0.226 e. The van der Waals surface area contributed by atoms with Crippen molar-refractivity contribution in [2.24, 2.45) is 0 Å². The first-order valence-corrected chi connectivity index (χ1v) is 9.66. The van der Waals surface area contributed by atoms with Gasteiger partial charge in [-0.05, 0) is 36.8 Å². The number of carbonyl (C=O) groups excluding carboxylic acids is 1. The Morgan fingerprint density at radius 1 is 1.21 bits per heavy atom. The van der Waals surface area contributed by atoms with Crippen molar-refractivity contribution in [2.75, 3.05) is 0 Å². The van der Waals surface area contributed by atoms with E-state index in [4.69, 9.17) is 0 Å². The van der Waals surface area contributed by atoms with Crippen molar-refractivity contribution in [3.05, 3.63) is 78.1 Å². The number of thiazole rings is 1. The zero-order chi connectivity index (χ0) is 19.3. The van der Waals surface area contributed by atoms with E-state index in [-0.39, 0.29) is 18.4 Å². The van der Waals surface area contributed by atoms with Gasteiger partial charge in [0.05, 0.1) is 23.8 Å². The summed E-state index contributed by atoms with van der Waals surface area (Å²) in [5.74, 6) is -0.0594. The van der Waals surface area contributed by atoms with Crippen molar-refractivity contribution in [3.8, 4) is 16.3 Å². The van der Waals surface area contributed by atoms with Crippen LogP contribution in [0.5, 0.6) is 0 Å². The van der Waals surface area contributed by atoms with Gasteiger partial charge < -0.3 is 5.32 Å². The first-order valence-electron chi connectivity index (χ1n) is 8.78. The van der Waals surface area contributed by atoms with Gasteiger partial charge in [-0.2, -0.15) is 5.10 Å². The van der Waals surface area contributed by atoms with E-state index in [9.17, 15) is 4.79 Å². The van der Waals surface area contributed by atoms with Gasteiger partial charge in [-0.1, -0.05) is 12.1 Å². The van der Waals surface area contributed by atoms with Crippen molar-refractivity contribution in [1.29, 1.82) is 0 Å². The number of amides is 1. The molecule has 8 heteroatoms. The van der Waals surface area contributed by atoms with E-state index < -0.39 is 0 Å². The van der Waals surface area contributed by atoms with Crippen molar-refractivity contribution in [2.45, 2.75) is 19.4 Å². The number of nitrogens with zero attached hydrogens (tertiary/aromatic N) is 5. The lowest BCUT2D eigenvalue weighted by molar-refractivity contribution is -0.121. The van der Waals surface area contributed by atoms with Crippen LogP contribution in [-0.4, -0.2) is 30.6 Å². The summed E-state index contributed by atoms with van der Waals surface area (Å²) in [4.78, 5) is 25.0. The molecule has 1 atom stereocenters. The highest BCUT2D eigenvalue weighted by atomic mass is 32.1. The first kappa shape index (κ1) is 18.0. The molecule has 0 aliphatic heterocycles. The highest BCUT2D eigenvalue weighted by Crippen LogP contribution is 2.23. The Morgan fingerprint density at radius 3 is 2.79 bits per heavy atom. The van der Waals surface area contributed by atoms with Crippen LogP contribution in [0.3, 0.4) is 0 Å². The van der Waals surface area contributed by atoms with Crippen molar-refractivity contribution in [3.63, 3.8) is 0 Å². The van der Waals surface area contributed by atoms with E-state index in [1.165, 1.54) is 17.7 Å². The number of pyridine rings is 1. The minimum atomic E-state index is -0.103. The molecule has 0 saturated heterocycles. The molecule has 0 fully saturated rings. The Bertz CT molecular complexity index is 1040. The molecule has 0 saturated carbocycles. The lowest BCUT2D eigenvalue weighted by Crippen LogP contribution is -2.28. The van der Waals surface area contributed by atoms with Gasteiger partial charge in [-0.25, -0.2) is 14.6 Å². The minimum Gasteiger partial charge on any atom is -0.349 e. The second-order valence-electron chi connectivity index (χ2n) is 6.28. The summed E-state index contributed by atoms with van der Waals surface area (Å²) >= 11 is 1.52. The standard InChI is InChI=1S/C20H18N6OS/c1-14(15-4-6-18(7-5-15)26-13-22-12-23-26)24-19(27)9-17-11-28-20(25-17)16-3-2-8-21-10-16/h2-8,10-14H,9H2,1H3,(H,24,27)/t14-/m0/s1. The average Bonchev–Trinajstić information content (AvgIpc) is 3.41. The number of benzene rings is 1. The summed E-state index contributed by atoms with van der Waals surface area (Å²) in [6.45, 7) is 1.96. The molecule has 4 aromatic rings. The summed E-state index contributed by atoms with van der Waals surface area (Å²) in [5.41, 5.74) is 3.66. The topological polar surface area (TPSA) is 85.6 Å². The molecule has 0 unspecified atom stereocenters. The number of aromatic nitrogens is 5. The normalized spacial score (nSPS) is 11.9. The molecule has 0 bridgehead atoms. The van der Waals surface area contributed by atoms with Gasteiger partial charge in [0, 0.05) is 23.3 Å². The van der Waals surface area contributed by atoms with E-state index >= 15 is 0 Å². The van der Waals surface area contributed by atoms with Gasteiger partial charge in [-0.3, -0.25) is 9.78 Å². The van der Waals surface area contributed by atoms with E-state index in [1.54, 1.807) is 23.4 Å². The Labute approximate surface area is 166 Å². The van der Waals surface area contributed by atoms with Gasteiger partial charge in [0.15, 0.2) is 0 Å². The summed E-state index contributed by atoms with van der Waals surface area (Å²) in [5, 5.41) is 9.92. The third-order valence-corrected chi connectivity index (χ3v) is 5.20. The Kier molecular flexibility index (Phi) is 5.20. The fourth-order valence-corrected chi connectivity index (χ4v) is 3.62. The van der Waals surface area contributed by atoms with Crippen LogP contribution in [-0.2, 0) is 11.2 Å². The Morgan fingerprint density at radius 2 is 2.07 bits per heavy atom. The number of hydrogen-bond acceptors (Lipinski definition) is 6. The molecule has 0 aliphatic carbocycles. The van der Waals surface area contributed by atoms with E-state index in [2.05, 4.69) is 25.4 Å². The highest BCUT2D eigenvalue weighted by Gasteiger charge is 2.13. The molecule has 1 aromatic carbocycles. The van der Waals surface area contributed by atoms with E-state index in [0.717, 1.165) is 27.5 Å². The van der Waals surface area contributed by atoms with Gasteiger partial charge in [0.1, 0.15) is 17.7 Å². The largest absolute Gasteiger partial charge is 0.349 e. The summed E-state index contributed by atoms with van der Waals surface area (Å²) in [7, 11) is 0. The lowest BCUT2D eigenvalue weighted by atomic mass is 10.1. The molecule has 0 radical (unpaired) electrons. The molecule has 0 aliphatic rings. The number of nitrogens with one attached hydrogen (secondary N) is 1. The summed E-state index contributed by atoms with van der Waals surface area (Å²) in [6, 6.07) is 11.6. The van der Waals surface area contributed by atoms with Crippen LogP contribution in [0.25, 0.3) is 16.3 Å². The maximum absolute atomic E-state index is 12.4. The molecule has 1 N–H and O–H groups in total. The van der Waals surface area contributed by atoms with E-state index in [1.807, 2.05) is 48.7 Å². The van der Waals surface area contributed by atoms with Crippen LogP contribution in [0.1, 0.15) is 24.2 Å². The first-order chi connectivity index (χ1) is 13.7. The fourth-order valence-electron chi connectivity index (χ4n) is 2.81. The molecule has 3 aromatic heterocycles. The van der Waals surface area contributed by atoms with Gasteiger partial charge >= 0.3 is 0 Å². The number of carbonyl (C=O) groups is 1. The lowest BCUT2D eigenvalue weighted by Gasteiger charge is -2.14. The zero-order valence-corrected chi connectivity index (χ0v) is 16.0. The van der Waals surface area contributed by atoms with Crippen molar-refractivity contribution < 1.29 is 4.79 Å². The highest BCUT2D eigenvalue weighted by molar-refractivity contribution is 7.13. The maximum atomic E-state index is 12.4. The van der Waals surface area contributed by atoms with Gasteiger partial charge in [0.25, 0.3) is 0 Å². The second kappa shape index (κ2) is 8.10. The molecule has 0 spiro atoms. The molecule has 1 amide bonds. The fraction of sp³-hybridized carbons (Fsp3) is 0.150. The maximum Gasteiger partial charge on any atom is 0.226 e. The van der Waals surface area contributed by atoms with Crippen LogP contribution < -0.4 is 5.32 Å². The van der Waals surface area contributed by atoms with Crippen LogP contribution >= 0.6 is 11.3 Å². The third kappa shape index (κ3) is 4.12. The molecule has 3 heterocycles.